The Hall–Kier alpha value is -3.80. The number of carbonyl (C=O) groups is 2. The van der Waals surface area contributed by atoms with Gasteiger partial charge in [0.2, 0.25) is 0 Å². The highest BCUT2D eigenvalue weighted by Crippen LogP contribution is 2.43. The first kappa shape index (κ1) is 36.7. The highest BCUT2D eigenvalue weighted by molar-refractivity contribution is 5.89. The zero-order valence-electron chi connectivity index (χ0n) is 28.7. The third-order valence-electron chi connectivity index (χ3n) is 9.28. The van der Waals surface area contributed by atoms with Crippen LogP contribution in [0.3, 0.4) is 0 Å². The summed E-state index contributed by atoms with van der Waals surface area (Å²) in [6.45, 7) is 13.6. The number of carbonyl (C=O) groups excluding carboxylic acids is 2. The maximum atomic E-state index is 12.2. The molecule has 2 N–H and O–H groups in total. The van der Waals surface area contributed by atoms with Crippen LogP contribution in [0.25, 0.3) is 0 Å². The summed E-state index contributed by atoms with van der Waals surface area (Å²) in [5.74, 6) is 0.669. The number of benzene rings is 3. The zero-order valence-corrected chi connectivity index (χ0v) is 28.7. The minimum absolute atomic E-state index is 0.223. The monoisotopic (exact) mass is 630 g/mol. The Morgan fingerprint density at radius 2 is 0.957 bits per heavy atom. The quantitative estimate of drug-likeness (QED) is 0.107. The SMILES string of the molecule is CC(CCCC(C)(C)c1cc(O)c(C(C)(C)CCCC(C)CCOC(=O)c2ccccc2)cc1O)CCOC(=O)c1ccccc1. The molecule has 0 amide bonds. The van der Waals surface area contributed by atoms with Crippen LogP contribution in [0.2, 0.25) is 0 Å². The number of aromatic hydroxyl groups is 2. The largest absolute Gasteiger partial charge is 0.508 e. The van der Waals surface area contributed by atoms with Gasteiger partial charge in [-0.2, -0.15) is 0 Å². The number of hydrogen-bond acceptors (Lipinski definition) is 6. The normalized spacial score (nSPS) is 13.2. The molecule has 2 unspecified atom stereocenters. The first-order chi connectivity index (χ1) is 21.8. The van der Waals surface area contributed by atoms with Crippen molar-refractivity contribution in [1.29, 1.82) is 0 Å². The molecule has 0 aromatic heterocycles. The fourth-order valence-corrected chi connectivity index (χ4v) is 6.02. The molecule has 0 fully saturated rings. The van der Waals surface area contributed by atoms with E-state index in [1.54, 1.807) is 36.4 Å². The predicted octanol–water partition coefficient (Wildman–Crippen LogP) is 9.76. The molecule has 0 saturated carbocycles. The highest BCUT2D eigenvalue weighted by Gasteiger charge is 2.30. The number of rotatable bonds is 18. The number of hydrogen-bond donors (Lipinski definition) is 2. The minimum Gasteiger partial charge on any atom is -0.508 e. The van der Waals surface area contributed by atoms with Gasteiger partial charge in [0.15, 0.2) is 0 Å². The van der Waals surface area contributed by atoms with Gasteiger partial charge in [0, 0.05) is 11.1 Å². The van der Waals surface area contributed by atoms with Crippen LogP contribution >= 0.6 is 0 Å². The maximum Gasteiger partial charge on any atom is 0.338 e. The molecule has 0 aliphatic carbocycles. The van der Waals surface area contributed by atoms with Gasteiger partial charge < -0.3 is 19.7 Å². The second-order valence-corrected chi connectivity index (χ2v) is 14.2. The van der Waals surface area contributed by atoms with Gasteiger partial charge in [-0.1, -0.05) is 104 Å². The van der Waals surface area contributed by atoms with Gasteiger partial charge in [-0.15, -0.1) is 0 Å². The van der Waals surface area contributed by atoms with E-state index in [-0.39, 0.29) is 34.3 Å². The van der Waals surface area contributed by atoms with E-state index in [0.717, 1.165) is 62.5 Å². The first-order valence-electron chi connectivity index (χ1n) is 16.8. The Balaban J connectivity index is 1.43. The lowest BCUT2D eigenvalue weighted by molar-refractivity contribution is 0.0474. The first-order valence-corrected chi connectivity index (χ1v) is 16.8. The van der Waals surface area contributed by atoms with Crippen molar-refractivity contribution in [2.24, 2.45) is 11.8 Å². The van der Waals surface area contributed by atoms with Crippen LogP contribution in [-0.2, 0) is 20.3 Å². The molecule has 3 aromatic rings. The Bertz CT molecular complexity index is 1270. The van der Waals surface area contributed by atoms with Crippen molar-refractivity contribution in [3.8, 4) is 11.5 Å². The fourth-order valence-electron chi connectivity index (χ4n) is 6.02. The third-order valence-corrected chi connectivity index (χ3v) is 9.28. The molecule has 3 rings (SSSR count). The lowest BCUT2D eigenvalue weighted by atomic mass is 9.75. The molecule has 0 saturated heterocycles. The van der Waals surface area contributed by atoms with Crippen molar-refractivity contribution >= 4 is 11.9 Å². The summed E-state index contributed by atoms with van der Waals surface area (Å²) in [6, 6.07) is 21.6. The molecule has 0 aliphatic heterocycles. The summed E-state index contributed by atoms with van der Waals surface area (Å²) in [5.41, 5.74) is 2.02. The third kappa shape index (κ3) is 11.2. The van der Waals surface area contributed by atoms with E-state index < -0.39 is 0 Å². The molecule has 6 heteroatoms. The van der Waals surface area contributed by atoms with E-state index in [4.69, 9.17) is 9.47 Å². The Kier molecular flexibility index (Phi) is 13.7. The van der Waals surface area contributed by atoms with Crippen LogP contribution in [-0.4, -0.2) is 35.4 Å². The standard InChI is InChI=1S/C40H54O6/c1-29(21-25-45-37(43)31-17-9-7-10-18-31)15-13-23-39(3,4)33-27-36(42)34(28-35(33)41)40(5,6)24-14-16-30(2)22-26-46-38(44)32-19-11-8-12-20-32/h7-12,17-20,27-30,41-42H,13-16,21-26H2,1-6H3. The van der Waals surface area contributed by atoms with Gasteiger partial charge >= 0.3 is 11.9 Å². The van der Waals surface area contributed by atoms with Gasteiger partial charge in [-0.3, -0.25) is 0 Å². The molecule has 0 bridgehead atoms. The summed E-state index contributed by atoms with van der Waals surface area (Å²) in [7, 11) is 0. The van der Waals surface area contributed by atoms with E-state index in [1.807, 2.05) is 36.4 Å². The van der Waals surface area contributed by atoms with Crippen LogP contribution in [0.15, 0.2) is 72.8 Å². The average molecular weight is 631 g/mol. The van der Waals surface area contributed by atoms with Crippen LogP contribution in [0.5, 0.6) is 11.5 Å². The van der Waals surface area contributed by atoms with Crippen molar-refractivity contribution in [3.63, 3.8) is 0 Å². The summed E-state index contributed by atoms with van der Waals surface area (Å²) in [6.07, 6.45) is 7.20. The minimum atomic E-state index is -0.316. The van der Waals surface area contributed by atoms with Crippen LogP contribution in [0.1, 0.15) is 125 Å². The molecule has 0 radical (unpaired) electrons. The van der Waals surface area contributed by atoms with E-state index in [2.05, 4.69) is 41.5 Å². The Morgan fingerprint density at radius 1 is 0.609 bits per heavy atom. The van der Waals surface area contributed by atoms with Crippen molar-refractivity contribution in [1.82, 2.24) is 0 Å². The van der Waals surface area contributed by atoms with Crippen LogP contribution < -0.4 is 0 Å². The van der Waals surface area contributed by atoms with Crippen molar-refractivity contribution in [2.75, 3.05) is 13.2 Å². The van der Waals surface area contributed by atoms with Gasteiger partial charge in [0.1, 0.15) is 11.5 Å². The van der Waals surface area contributed by atoms with Gasteiger partial charge in [0.25, 0.3) is 0 Å². The molecule has 6 nitrogen and oxygen atoms in total. The van der Waals surface area contributed by atoms with Gasteiger partial charge in [0.05, 0.1) is 24.3 Å². The summed E-state index contributed by atoms with van der Waals surface area (Å²) in [4.78, 5) is 24.3. The molecule has 0 spiro atoms. The Labute approximate surface area is 276 Å². The van der Waals surface area contributed by atoms with Gasteiger partial charge in [-0.25, -0.2) is 9.59 Å². The maximum absolute atomic E-state index is 12.2. The van der Waals surface area contributed by atoms with Crippen LogP contribution in [0, 0.1) is 11.8 Å². The van der Waals surface area contributed by atoms with E-state index >= 15 is 0 Å². The zero-order chi connectivity index (χ0) is 33.7. The van der Waals surface area contributed by atoms with Crippen LogP contribution in [0.4, 0.5) is 0 Å². The molecule has 0 heterocycles. The Morgan fingerprint density at radius 3 is 1.30 bits per heavy atom. The highest BCUT2D eigenvalue weighted by atomic mass is 16.5. The molecule has 0 aliphatic rings. The second kappa shape index (κ2) is 17.2. The van der Waals surface area contributed by atoms with Crippen molar-refractivity contribution < 1.29 is 29.3 Å². The van der Waals surface area contributed by atoms with E-state index in [9.17, 15) is 19.8 Å². The van der Waals surface area contributed by atoms with E-state index in [1.165, 1.54) is 0 Å². The number of phenols is 2. The summed E-state index contributed by atoms with van der Waals surface area (Å²) >= 11 is 0. The molecule has 250 valence electrons. The fraction of sp³-hybridized carbons (Fsp3) is 0.500. The predicted molar refractivity (Wildman–Crippen MR) is 185 cm³/mol. The average Bonchev–Trinajstić information content (AvgIpc) is 3.02. The molecule has 2 atom stereocenters. The lowest BCUT2D eigenvalue weighted by Crippen LogP contribution is -2.21. The molecule has 3 aromatic carbocycles. The topological polar surface area (TPSA) is 93.1 Å². The summed E-state index contributed by atoms with van der Waals surface area (Å²) < 4.78 is 10.9. The molecule has 46 heavy (non-hydrogen) atoms. The van der Waals surface area contributed by atoms with Crippen molar-refractivity contribution in [3.05, 3.63) is 95.1 Å². The van der Waals surface area contributed by atoms with Crippen molar-refractivity contribution in [2.45, 2.75) is 104 Å². The smallest absolute Gasteiger partial charge is 0.338 e. The number of phenolic OH excluding ortho intramolecular Hbond substituents is 2. The molecular formula is C40H54O6. The van der Waals surface area contributed by atoms with E-state index in [0.29, 0.717) is 36.2 Å². The number of ether oxygens (including phenoxy) is 2. The number of esters is 2. The lowest BCUT2D eigenvalue weighted by Gasteiger charge is -2.31. The second-order valence-electron chi connectivity index (χ2n) is 14.2. The summed E-state index contributed by atoms with van der Waals surface area (Å²) in [5, 5.41) is 22.2. The van der Waals surface area contributed by atoms with Gasteiger partial charge in [-0.05, 0) is 84.7 Å². The molecular weight excluding hydrogens is 576 g/mol.